The van der Waals surface area contributed by atoms with Crippen molar-refractivity contribution in [2.75, 3.05) is 13.1 Å². The number of hydrogen-bond acceptors (Lipinski definition) is 3. The smallest absolute Gasteiger partial charge is 0.333 e. The van der Waals surface area contributed by atoms with Crippen LogP contribution in [0.3, 0.4) is 0 Å². The summed E-state index contributed by atoms with van der Waals surface area (Å²) in [7, 11) is 0. The topological polar surface area (TPSA) is 64.2 Å². The van der Waals surface area contributed by atoms with E-state index in [-0.39, 0.29) is 23.3 Å². The van der Waals surface area contributed by atoms with Gasteiger partial charge in [-0.2, -0.15) is 18.3 Å². The molecule has 0 bridgehead atoms. The maximum atomic E-state index is 12.8. The highest BCUT2D eigenvalue weighted by Crippen LogP contribution is 2.30. The van der Waals surface area contributed by atoms with Crippen LogP contribution in [0, 0.1) is 0 Å². The summed E-state index contributed by atoms with van der Waals surface area (Å²) in [6, 6.07) is 6.32. The number of halogens is 3. The summed E-state index contributed by atoms with van der Waals surface area (Å²) in [5.74, 6) is -0.242. The first-order valence-corrected chi connectivity index (χ1v) is 7.64. The zero-order chi connectivity index (χ0) is 17.3. The highest BCUT2D eigenvalue weighted by Gasteiger charge is 2.31. The van der Waals surface area contributed by atoms with E-state index < -0.39 is 11.7 Å². The van der Waals surface area contributed by atoms with Gasteiger partial charge >= 0.3 is 6.18 Å². The Bertz CT molecular complexity index is 741. The molecule has 128 valence electrons. The lowest BCUT2D eigenvalue weighted by Crippen LogP contribution is -2.40. The van der Waals surface area contributed by atoms with Crippen molar-refractivity contribution >= 4 is 5.91 Å². The average molecular weight is 338 g/mol. The van der Waals surface area contributed by atoms with Crippen molar-refractivity contribution in [3.8, 4) is 5.69 Å². The number of nitrogens with zero attached hydrogens (tertiary/aromatic N) is 3. The van der Waals surface area contributed by atoms with Crippen molar-refractivity contribution in [3.63, 3.8) is 0 Å². The Morgan fingerprint density at radius 3 is 2.83 bits per heavy atom. The van der Waals surface area contributed by atoms with Crippen LogP contribution in [0.1, 0.15) is 28.9 Å². The molecule has 2 N–H and O–H groups in total. The van der Waals surface area contributed by atoms with E-state index in [4.69, 9.17) is 5.73 Å². The summed E-state index contributed by atoms with van der Waals surface area (Å²) in [6.07, 6.45) is -1.19. The molecule has 2 heterocycles. The zero-order valence-corrected chi connectivity index (χ0v) is 12.8. The maximum Gasteiger partial charge on any atom is 0.416 e. The summed E-state index contributed by atoms with van der Waals surface area (Å²) in [6.45, 7) is 1.01. The second-order valence-electron chi connectivity index (χ2n) is 5.72. The number of likely N-dealkylation sites (tertiary alicyclic amines) is 1. The first-order chi connectivity index (χ1) is 11.4. The molecule has 3 rings (SSSR count). The van der Waals surface area contributed by atoms with Crippen LogP contribution in [0.25, 0.3) is 5.69 Å². The molecule has 0 radical (unpaired) electrons. The number of benzene rings is 1. The highest BCUT2D eigenvalue weighted by atomic mass is 19.4. The third-order valence-electron chi connectivity index (χ3n) is 4.16. The fourth-order valence-electron chi connectivity index (χ4n) is 2.90. The Hall–Kier alpha value is -2.35. The molecule has 1 atom stereocenters. The molecular formula is C16H17F3N4O. The molecule has 1 aliphatic rings. The number of nitrogens with two attached hydrogens (primary N) is 1. The average Bonchev–Trinajstić information content (AvgIpc) is 3.22. The van der Waals surface area contributed by atoms with Gasteiger partial charge in [-0.05, 0) is 37.1 Å². The van der Waals surface area contributed by atoms with Gasteiger partial charge in [0.15, 0.2) is 5.69 Å². The fourth-order valence-corrected chi connectivity index (χ4v) is 2.90. The van der Waals surface area contributed by atoms with E-state index in [2.05, 4.69) is 5.10 Å². The van der Waals surface area contributed by atoms with Crippen LogP contribution in [-0.2, 0) is 6.18 Å². The number of carbonyl (C=O) groups excluding carboxylic acids is 1. The summed E-state index contributed by atoms with van der Waals surface area (Å²) in [5.41, 5.74) is 5.36. The normalized spacial score (nSPS) is 18.2. The molecular weight excluding hydrogens is 321 g/mol. The molecule has 5 nitrogen and oxygen atoms in total. The van der Waals surface area contributed by atoms with Crippen LogP contribution in [0.2, 0.25) is 0 Å². The van der Waals surface area contributed by atoms with Crippen LogP contribution in [0.5, 0.6) is 0 Å². The van der Waals surface area contributed by atoms with Crippen molar-refractivity contribution in [1.29, 1.82) is 0 Å². The van der Waals surface area contributed by atoms with E-state index in [1.807, 2.05) is 0 Å². The molecule has 1 aliphatic heterocycles. The van der Waals surface area contributed by atoms with E-state index in [9.17, 15) is 18.0 Å². The minimum absolute atomic E-state index is 0.00351. The van der Waals surface area contributed by atoms with Gasteiger partial charge in [0.25, 0.3) is 5.91 Å². The number of hydrogen-bond donors (Lipinski definition) is 1. The molecule has 1 fully saturated rings. The Morgan fingerprint density at radius 2 is 2.12 bits per heavy atom. The second-order valence-corrected chi connectivity index (χ2v) is 5.72. The number of carbonyl (C=O) groups is 1. The molecule has 0 spiro atoms. The standard InChI is InChI=1S/C16H17F3N4O/c17-16(18,19)11-3-1-4-12(9-11)23-8-6-14(21-23)15(24)22-7-2-5-13(22)10-20/h1,3-4,6,8-9,13H,2,5,7,10,20H2/t13-/m1/s1. The van der Waals surface area contributed by atoms with Crippen LogP contribution >= 0.6 is 0 Å². The van der Waals surface area contributed by atoms with Gasteiger partial charge in [0.2, 0.25) is 0 Å². The van der Waals surface area contributed by atoms with E-state index in [0.717, 1.165) is 25.0 Å². The molecule has 0 unspecified atom stereocenters. The quantitative estimate of drug-likeness (QED) is 0.935. The Morgan fingerprint density at radius 1 is 1.33 bits per heavy atom. The SMILES string of the molecule is NC[C@H]1CCCN1C(=O)c1ccn(-c2cccc(C(F)(F)F)c2)n1. The summed E-state index contributed by atoms with van der Waals surface area (Å²) in [4.78, 5) is 14.2. The monoisotopic (exact) mass is 338 g/mol. The van der Waals surface area contributed by atoms with Gasteiger partial charge in [-0.3, -0.25) is 4.79 Å². The Labute approximate surface area is 136 Å². The second kappa shape index (κ2) is 6.27. The summed E-state index contributed by atoms with van der Waals surface area (Å²) in [5, 5.41) is 4.13. The largest absolute Gasteiger partial charge is 0.416 e. The molecule has 0 aliphatic carbocycles. The van der Waals surface area contributed by atoms with Gasteiger partial charge in [0, 0.05) is 25.3 Å². The minimum Gasteiger partial charge on any atom is -0.333 e. The van der Waals surface area contributed by atoms with Crippen molar-refractivity contribution in [1.82, 2.24) is 14.7 Å². The lowest BCUT2D eigenvalue weighted by Gasteiger charge is -2.22. The van der Waals surface area contributed by atoms with Crippen LogP contribution in [0.4, 0.5) is 13.2 Å². The maximum absolute atomic E-state index is 12.8. The molecule has 0 saturated carbocycles. The lowest BCUT2D eigenvalue weighted by molar-refractivity contribution is -0.137. The summed E-state index contributed by atoms with van der Waals surface area (Å²) < 4.78 is 39.7. The third-order valence-corrected chi connectivity index (χ3v) is 4.16. The predicted octanol–water partition coefficient (Wildman–Crippen LogP) is 2.45. The highest BCUT2D eigenvalue weighted by molar-refractivity contribution is 5.92. The molecule has 1 aromatic heterocycles. The number of amides is 1. The van der Waals surface area contributed by atoms with E-state index in [1.165, 1.54) is 29.1 Å². The van der Waals surface area contributed by atoms with Gasteiger partial charge in [0.1, 0.15) is 0 Å². The Balaban J connectivity index is 1.85. The first kappa shape index (κ1) is 16.5. The number of rotatable bonds is 3. The molecule has 1 saturated heterocycles. The number of alkyl halides is 3. The van der Waals surface area contributed by atoms with Gasteiger partial charge in [-0.1, -0.05) is 6.07 Å². The molecule has 1 aromatic carbocycles. The first-order valence-electron chi connectivity index (χ1n) is 7.64. The van der Waals surface area contributed by atoms with Gasteiger partial charge in [0.05, 0.1) is 11.3 Å². The van der Waals surface area contributed by atoms with Crippen molar-refractivity contribution in [2.45, 2.75) is 25.1 Å². The summed E-state index contributed by atoms with van der Waals surface area (Å²) >= 11 is 0. The van der Waals surface area contributed by atoms with E-state index >= 15 is 0 Å². The van der Waals surface area contributed by atoms with Gasteiger partial charge in [-0.15, -0.1) is 0 Å². The van der Waals surface area contributed by atoms with Crippen molar-refractivity contribution in [3.05, 3.63) is 47.8 Å². The zero-order valence-electron chi connectivity index (χ0n) is 12.8. The van der Waals surface area contributed by atoms with Crippen LogP contribution < -0.4 is 5.73 Å². The minimum atomic E-state index is -4.42. The Kier molecular flexibility index (Phi) is 4.31. The number of aromatic nitrogens is 2. The van der Waals surface area contributed by atoms with Gasteiger partial charge < -0.3 is 10.6 Å². The predicted molar refractivity (Wildman–Crippen MR) is 81.7 cm³/mol. The van der Waals surface area contributed by atoms with Crippen LogP contribution in [-0.4, -0.2) is 39.7 Å². The van der Waals surface area contributed by atoms with Gasteiger partial charge in [-0.25, -0.2) is 4.68 Å². The fraction of sp³-hybridized carbons (Fsp3) is 0.375. The molecule has 1 amide bonds. The van der Waals surface area contributed by atoms with Crippen molar-refractivity contribution < 1.29 is 18.0 Å². The van der Waals surface area contributed by atoms with E-state index in [1.54, 1.807) is 4.90 Å². The van der Waals surface area contributed by atoms with E-state index in [0.29, 0.717) is 13.1 Å². The lowest BCUT2D eigenvalue weighted by atomic mass is 10.2. The van der Waals surface area contributed by atoms with Crippen molar-refractivity contribution in [2.24, 2.45) is 5.73 Å². The molecule has 24 heavy (non-hydrogen) atoms. The third kappa shape index (κ3) is 3.14. The molecule has 8 heteroatoms. The molecule has 2 aromatic rings. The van der Waals surface area contributed by atoms with Crippen LogP contribution in [0.15, 0.2) is 36.5 Å².